The lowest BCUT2D eigenvalue weighted by molar-refractivity contribution is -0.174. The topological polar surface area (TPSA) is 87.3 Å². The van der Waals surface area contributed by atoms with Crippen molar-refractivity contribution in [2.24, 2.45) is 0 Å². The minimum Gasteiger partial charge on any atom is -0.326 e. The molecule has 1 aromatic carbocycles. The minimum absolute atomic E-state index is 0.0153. The van der Waals surface area contributed by atoms with Crippen molar-refractivity contribution in [3.8, 4) is 0 Å². The Balaban J connectivity index is 2.60. The van der Waals surface area contributed by atoms with Crippen LogP contribution in [0.15, 0.2) is 24.3 Å². The highest BCUT2D eigenvalue weighted by Gasteiger charge is 2.38. The molecule has 0 aliphatic rings. The maximum atomic E-state index is 11.9. The third-order valence-electron chi connectivity index (χ3n) is 2.01. The van der Waals surface area contributed by atoms with Gasteiger partial charge in [0.2, 0.25) is 5.91 Å². The Morgan fingerprint density at radius 2 is 1.55 bits per heavy atom. The van der Waals surface area contributed by atoms with Crippen LogP contribution in [-0.4, -0.2) is 23.9 Å². The number of carbonyl (C=O) groups is 3. The first kappa shape index (κ1) is 15.5. The highest BCUT2D eigenvalue weighted by atomic mass is 19.4. The van der Waals surface area contributed by atoms with Crippen molar-refractivity contribution in [3.63, 3.8) is 0 Å². The number of halogens is 3. The lowest BCUT2D eigenvalue weighted by atomic mass is 10.2. The molecule has 0 atom stereocenters. The number of nitrogens with one attached hydrogen (secondary N) is 3. The van der Waals surface area contributed by atoms with E-state index in [1.54, 1.807) is 5.43 Å². The molecule has 1 aromatic rings. The Morgan fingerprint density at radius 3 is 2.00 bits per heavy atom. The Hall–Kier alpha value is -2.58. The second kappa shape index (κ2) is 6.04. The maximum absolute atomic E-state index is 11.9. The molecule has 0 aliphatic heterocycles. The number of rotatable bonds is 2. The predicted octanol–water partition coefficient (Wildman–Crippen LogP) is 0.968. The zero-order valence-corrected chi connectivity index (χ0v) is 10.2. The van der Waals surface area contributed by atoms with Gasteiger partial charge in [-0.15, -0.1) is 0 Å². The molecule has 0 fully saturated rings. The molecular weight excluding hydrogens is 279 g/mol. The second-order valence-corrected chi connectivity index (χ2v) is 3.66. The maximum Gasteiger partial charge on any atom is 0.472 e. The molecule has 9 heteroatoms. The van der Waals surface area contributed by atoms with Crippen LogP contribution >= 0.6 is 0 Å². The predicted molar refractivity (Wildman–Crippen MR) is 62.4 cm³/mol. The van der Waals surface area contributed by atoms with Gasteiger partial charge in [0, 0.05) is 18.2 Å². The monoisotopic (exact) mass is 289 g/mol. The quantitative estimate of drug-likeness (QED) is 0.709. The third kappa shape index (κ3) is 4.59. The van der Waals surface area contributed by atoms with Gasteiger partial charge < -0.3 is 5.32 Å². The molecule has 20 heavy (non-hydrogen) atoms. The lowest BCUT2D eigenvalue weighted by Gasteiger charge is -2.09. The minimum atomic E-state index is -5.08. The molecule has 0 radical (unpaired) electrons. The van der Waals surface area contributed by atoms with Crippen molar-refractivity contribution in [1.82, 2.24) is 10.9 Å². The van der Waals surface area contributed by atoms with Gasteiger partial charge in [0.15, 0.2) is 0 Å². The summed E-state index contributed by atoms with van der Waals surface area (Å²) >= 11 is 0. The number of hydrogen-bond donors (Lipinski definition) is 3. The zero-order chi connectivity index (χ0) is 15.3. The number of anilines is 1. The molecule has 0 spiro atoms. The van der Waals surface area contributed by atoms with E-state index >= 15 is 0 Å². The Labute approximate surface area is 111 Å². The largest absolute Gasteiger partial charge is 0.472 e. The third-order valence-corrected chi connectivity index (χ3v) is 2.01. The van der Waals surface area contributed by atoms with Crippen molar-refractivity contribution in [1.29, 1.82) is 0 Å². The van der Waals surface area contributed by atoms with Gasteiger partial charge in [0.25, 0.3) is 5.91 Å². The van der Waals surface area contributed by atoms with Crippen LogP contribution in [0.3, 0.4) is 0 Å². The molecule has 0 aromatic heterocycles. The van der Waals surface area contributed by atoms with Crippen LogP contribution < -0.4 is 16.2 Å². The molecule has 0 aliphatic carbocycles. The average molecular weight is 289 g/mol. The number of hydrazine groups is 1. The van der Waals surface area contributed by atoms with Gasteiger partial charge in [0.1, 0.15) is 0 Å². The van der Waals surface area contributed by atoms with Crippen LogP contribution in [0.1, 0.15) is 17.3 Å². The van der Waals surface area contributed by atoms with Crippen LogP contribution in [0.4, 0.5) is 18.9 Å². The van der Waals surface area contributed by atoms with E-state index < -0.39 is 18.0 Å². The smallest absolute Gasteiger partial charge is 0.326 e. The van der Waals surface area contributed by atoms with Crippen molar-refractivity contribution in [3.05, 3.63) is 29.8 Å². The van der Waals surface area contributed by atoms with Gasteiger partial charge in [-0.25, -0.2) is 0 Å². The highest BCUT2D eigenvalue weighted by molar-refractivity contribution is 5.96. The summed E-state index contributed by atoms with van der Waals surface area (Å²) in [6, 6.07) is 5.34. The van der Waals surface area contributed by atoms with Gasteiger partial charge in [-0.05, 0) is 24.3 Å². The normalized spacial score (nSPS) is 10.6. The van der Waals surface area contributed by atoms with Crippen LogP contribution in [0.5, 0.6) is 0 Å². The van der Waals surface area contributed by atoms with E-state index in [0.29, 0.717) is 5.69 Å². The van der Waals surface area contributed by atoms with Gasteiger partial charge in [-0.3, -0.25) is 25.2 Å². The molecule has 6 nitrogen and oxygen atoms in total. The summed E-state index contributed by atoms with van der Waals surface area (Å²) in [5.41, 5.74) is 3.29. The van der Waals surface area contributed by atoms with Crippen molar-refractivity contribution in [2.75, 3.05) is 5.32 Å². The van der Waals surface area contributed by atoms with E-state index in [1.165, 1.54) is 36.6 Å². The van der Waals surface area contributed by atoms with Gasteiger partial charge >= 0.3 is 12.1 Å². The summed E-state index contributed by atoms with van der Waals surface area (Å²) in [7, 11) is 0. The van der Waals surface area contributed by atoms with E-state index in [1.807, 2.05) is 0 Å². The number of alkyl halides is 3. The van der Waals surface area contributed by atoms with Gasteiger partial charge in [-0.2, -0.15) is 13.2 Å². The Kier molecular flexibility index (Phi) is 4.68. The molecule has 3 N–H and O–H groups in total. The molecule has 3 amide bonds. The zero-order valence-electron chi connectivity index (χ0n) is 10.2. The Bertz CT molecular complexity index is 526. The highest BCUT2D eigenvalue weighted by Crippen LogP contribution is 2.13. The molecule has 0 saturated carbocycles. The fraction of sp³-hybridized carbons (Fsp3) is 0.182. The number of carbonyl (C=O) groups excluding carboxylic acids is 3. The SMILES string of the molecule is CC(=O)Nc1ccc(C(=O)NNC(=O)C(F)(F)F)cc1. The molecular formula is C11H10F3N3O3. The summed E-state index contributed by atoms with van der Waals surface area (Å²) in [6.45, 7) is 1.30. The van der Waals surface area contributed by atoms with Gasteiger partial charge in [-0.1, -0.05) is 0 Å². The molecule has 0 saturated heterocycles. The first-order chi connectivity index (χ1) is 9.20. The molecule has 0 heterocycles. The van der Waals surface area contributed by atoms with Crippen LogP contribution in [0.2, 0.25) is 0 Å². The lowest BCUT2D eigenvalue weighted by Crippen LogP contribution is -2.47. The second-order valence-electron chi connectivity index (χ2n) is 3.66. The van der Waals surface area contributed by atoms with Crippen LogP contribution in [0, 0.1) is 0 Å². The summed E-state index contributed by atoms with van der Waals surface area (Å²) < 4.78 is 35.6. The summed E-state index contributed by atoms with van der Waals surface area (Å²) in [5, 5.41) is 2.45. The van der Waals surface area contributed by atoms with E-state index in [4.69, 9.17) is 0 Å². The number of amides is 3. The van der Waals surface area contributed by atoms with E-state index in [-0.39, 0.29) is 11.5 Å². The Morgan fingerprint density at radius 1 is 1.00 bits per heavy atom. The summed E-state index contributed by atoms with van der Waals surface area (Å²) in [4.78, 5) is 32.7. The molecule has 0 bridgehead atoms. The molecule has 1 rings (SSSR count). The number of hydrogen-bond acceptors (Lipinski definition) is 3. The average Bonchev–Trinajstić information content (AvgIpc) is 2.34. The van der Waals surface area contributed by atoms with Crippen molar-refractivity contribution in [2.45, 2.75) is 13.1 Å². The standard InChI is InChI=1S/C11H10F3N3O3/c1-6(18)15-8-4-2-7(3-5-8)9(19)16-17-10(20)11(12,13)14/h2-5H,1H3,(H,15,18)(H,16,19)(H,17,20). The fourth-order valence-electron chi connectivity index (χ4n) is 1.16. The van der Waals surface area contributed by atoms with Gasteiger partial charge in [0.05, 0.1) is 0 Å². The first-order valence-electron chi connectivity index (χ1n) is 5.25. The van der Waals surface area contributed by atoms with E-state index in [0.717, 1.165) is 0 Å². The molecule has 0 unspecified atom stereocenters. The van der Waals surface area contributed by atoms with Crippen molar-refractivity contribution >= 4 is 23.4 Å². The molecule has 108 valence electrons. The van der Waals surface area contributed by atoms with Crippen molar-refractivity contribution < 1.29 is 27.6 Å². The van der Waals surface area contributed by atoms with Crippen LogP contribution in [0.25, 0.3) is 0 Å². The summed E-state index contributed by atoms with van der Waals surface area (Å²) in [5.74, 6) is -3.50. The van der Waals surface area contributed by atoms with Crippen LogP contribution in [-0.2, 0) is 9.59 Å². The van der Waals surface area contributed by atoms with E-state index in [9.17, 15) is 27.6 Å². The fourth-order valence-corrected chi connectivity index (χ4v) is 1.16. The first-order valence-corrected chi connectivity index (χ1v) is 5.25. The van der Waals surface area contributed by atoms with E-state index in [2.05, 4.69) is 5.32 Å². The summed E-state index contributed by atoms with van der Waals surface area (Å²) in [6.07, 6.45) is -5.08. The number of benzene rings is 1.